The van der Waals surface area contributed by atoms with Gasteiger partial charge in [-0.1, -0.05) is 0 Å². The number of imidazole rings is 1. The van der Waals surface area contributed by atoms with Gasteiger partial charge in [0.1, 0.15) is 5.82 Å². The van der Waals surface area contributed by atoms with E-state index in [1.165, 1.54) is 12.1 Å². The van der Waals surface area contributed by atoms with Crippen molar-refractivity contribution in [2.24, 2.45) is 0 Å². The second-order valence-corrected chi connectivity index (χ2v) is 4.40. The minimum Gasteiger partial charge on any atom is -0.382 e. The molecule has 0 aliphatic carbocycles. The summed E-state index contributed by atoms with van der Waals surface area (Å²) in [5, 5.41) is 0. The monoisotopic (exact) mass is 270 g/mol. The molecule has 0 fully saturated rings. The average molecular weight is 270 g/mol. The summed E-state index contributed by atoms with van der Waals surface area (Å²) in [6.07, 6.45) is -0.0919. The molecule has 1 atom stereocenters. The van der Waals surface area contributed by atoms with Crippen LogP contribution >= 0.6 is 12.2 Å². The predicted molar refractivity (Wildman–Crippen MR) is 69.8 cm³/mol. The minimum absolute atomic E-state index is 0.0919. The molecule has 2 aromatic rings. The fourth-order valence-electron chi connectivity index (χ4n) is 1.90. The van der Waals surface area contributed by atoms with Crippen LogP contribution in [-0.2, 0) is 16.0 Å². The van der Waals surface area contributed by atoms with E-state index in [1.807, 2.05) is 4.57 Å². The van der Waals surface area contributed by atoms with Gasteiger partial charge in [0.15, 0.2) is 4.77 Å². The molecule has 1 aromatic heterocycles. The van der Waals surface area contributed by atoms with Crippen LogP contribution in [0.2, 0.25) is 0 Å². The van der Waals surface area contributed by atoms with Crippen LogP contribution in [0.5, 0.6) is 0 Å². The van der Waals surface area contributed by atoms with E-state index in [0.29, 0.717) is 23.4 Å². The van der Waals surface area contributed by atoms with Gasteiger partial charge >= 0.3 is 0 Å². The zero-order chi connectivity index (χ0) is 13.1. The molecule has 0 spiro atoms. The highest BCUT2D eigenvalue weighted by Gasteiger charge is 2.12. The lowest BCUT2D eigenvalue weighted by molar-refractivity contribution is 0.0188. The molecule has 1 N–H and O–H groups in total. The maximum atomic E-state index is 13.1. The van der Waals surface area contributed by atoms with Gasteiger partial charge in [0.05, 0.1) is 30.3 Å². The van der Waals surface area contributed by atoms with E-state index in [0.717, 1.165) is 5.52 Å². The first-order valence-corrected chi connectivity index (χ1v) is 5.96. The molecule has 1 unspecified atom stereocenters. The average Bonchev–Trinajstić information content (AvgIpc) is 2.64. The predicted octanol–water partition coefficient (Wildman–Crippen LogP) is 2.50. The van der Waals surface area contributed by atoms with Gasteiger partial charge in [-0.05, 0) is 30.4 Å². The van der Waals surface area contributed by atoms with Crippen LogP contribution in [0.1, 0.15) is 0 Å². The Morgan fingerprint density at radius 2 is 2.22 bits per heavy atom. The molecule has 4 nitrogen and oxygen atoms in total. The number of aromatic amines is 1. The first kappa shape index (κ1) is 13.2. The van der Waals surface area contributed by atoms with Crippen LogP contribution in [0.15, 0.2) is 18.2 Å². The van der Waals surface area contributed by atoms with Crippen molar-refractivity contribution >= 4 is 23.3 Å². The molecule has 0 saturated carbocycles. The fourth-order valence-corrected chi connectivity index (χ4v) is 2.18. The number of H-pyrrole nitrogens is 1. The Labute approximate surface area is 109 Å². The second kappa shape index (κ2) is 5.60. The third kappa shape index (κ3) is 2.60. The van der Waals surface area contributed by atoms with Gasteiger partial charge < -0.3 is 19.0 Å². The van der Waals surface area contributed by atoms with Crippen LogP contribution in [-0.4, -0.2) is 36.5 Å². The topological polar surface area (TPSA) is 39.2 Å². The van der Waals surface area contributed by atoms with Crippen LogP contribution in [0.3, 0.4) is 0 Å². The molecular formula is C12H15FN2O2S. The number of benzene rings is 1. The molecule has 0 aliphatic rings. The van der Waals surface area contributed by atoms with Crippen LogP contribution in [0, 0.1) is 10.6 Å². The fraction of sp³-hybridized carbons (Fsp3) is 0.417. The number of halogens is 1. The molecule has 0 radical (unpaired) electrons. The van der Waals surface area contributed by atoms with E-state index in [-0.39, 0.29) is 11.9 Å². The van der Waals surface area contributed by atoms with E-state index in [2.05, 4.69) is 4.98 Å². The van der Waals surface area contributed by atoms with Gasteiger partial charge in [-0.25, -0.2) is 4.39 Å². The van der Waals surface area contributed by atoms with Gasteiger partial charge in [0, 0.05) is 14.2 Å². The molecule has 98 valence electrons. The van der Waals surface area contributed by atoms with Crippen LogP contribution in [0.25, 0.3) is 11.0 Å². The lowest BCUT2D eigenvalue weighted by atomic mass is 10.3. The lowest BCUT2D eigenvalue weighted by Crippen LogP contribution is -2.23. The van der Waals surface area contributed by atoms with E-state index in [4.69, 9.17) is 21.7 Å². The lowest BCUT2D eigenvalue weighted by Gasteiger charge is -2.15. The highest BCUT2D eigenvalue weighted by Crippen LogP contribution is 2.16. The normalized spacial score (nSPS) is 13.1. The zero-order valence-corrected chi connectivity index (χ0v) is 11.1. The quantitative estimate of drug-likeness (QED) is 0.848. The smallest absolute Gasteiger partial charge is 0.178 e. The summed E-state index contributed by atoms with van der Waals surface area (Å²) in [4.78, 5) is 2.98. The number of hydrogen-bond donors (Lipinski definition) is 1. The van der Waals surface area contributed by atoms with E-state index in [1.54, 1.807) is 20.3 Å². The van der Waals surface area contributed by atoms with Gasteiger partial charge in [-0.15, -0.1) is 0 Å². The number of ether oxygens (including phenoxy) is 2. The Morgan fingerprint density at radius 1 is 1.44 bits per heavy atom. The first-order chi connectivity index (χ1) is 8.65. The Morgan fingerprint density at radius 3 is 2.89 bits per heavy atom. The van der Waals surface area contributed by atoms with Crippen LogP contribution in [0.4, 0.5) is 4.39 Å². The zero-order valence-electron chi connectivity index (χ0n) is 10.3. The summed E-state index contributed by atoms with van der Waals surface area (Å²) >= 11 is 5.24. The molecule has 0 aliphatic heterocycles. The van der Waals surface area contributed by atoms with Crippen molar-refractivity contribution in [2.75, 3.05) is 20.8 Å². The van der Waals surface area contributed by atoms with Crippen LogP contribution < -0.4 is 0 Å². The van der Waals surface area contributed by atoms with E-state index >= 15 is 0 Å². The van der Waals surface area contributed by atoms with Crippen molar-refractivity contribution in [1.29, 1.82) is 0 Å². The number of nitrogens with zero attached hydrogens (tertiary/aromatic N) is 1. The Bertz CT molecular complexity index is 593. The van der Waals surface area contributed by atoms with Crippen molar-refractivity contribution in [1.82, 2.24) is 9.55 Å². The summed E-state index contributed by atoms with van der Waals surface area (Å²) in [7, 11) is 3.25. The summed E-state index contributed by atoms with van der Waals surface area (Å²) in [5.41, 5.74) is 1.55. The third-order valence-corrected chi connectivity index (χ3v) is 3.13. The second-order valence-electron chi connectivity index (χ2n) is 4.02. The third-order valence-electron chi connectivity index (χ3n) is 2.81. The van der Waals surface area contributed by atoms with Crippen molar-refractivity contribution in [2.45, 2.75) is 12.6 Å². The molecule has 6 heteroatoms. The summed E-state index contributed by atoms with van der Waals surface area (Å²) in [6.45, 7) is 1.04. The maximum absolute atomic E-state index is 13.1. The molecule has 1 heterocycles. The highest BCUT2D eigenvalue weighted by atomic mass is 32.1. The summed E-state index contributed by atoms with van der Waals surface area (Å²) < 4.78 is 25.9. The molecule has 2 rings (SSSR count). The number of methoxy groups -OCH3 is 2. The minimum atomic E-state index is -0.286. The molecular weight excluding hydrogens is 255 g/mol. The Kier molecular flexibility index (Phi) is 4.11. The highest BCUT2D eigenvalue weighted by molar-refractivity contribution is 7.71. The number of rotatable bonds is 5. The number of aromatic nitrogens is 2. The van der Waals surface area contributed by atoms with Gasteiger partial charge in [0.2, 0.25) is 0 Å². The number of fused-ring (bicyclic) bond motifs is 1. The standard InChI is InChI=1S/C12H15FN2O2S/c1-16-7-9(17-2)6-15-11-4-3-8(13)5-10(11)14-12(15)18/h3-5,9H,6-7H2,1-2H3,(H,14,18). The molecule has 0 bridgehead atoms. The largest absolute Gasteiger partial charge is 0.382 e. The number of nitrogens with one attached hydrogen (secondary N) is 1. The Balaban J connectivity index is 2.38. The molecule has 0 saturated heterocycles. The van der Waals surface area contributed by atoms with Crippen molar-refractivity contribution in [3.05, 3.63) is 28.8 Å². The first-order valence-electron chi connectivity index (χ1n) is 5.55. The van der Waals surface area contributed by atoms with E-state index in [9.17, 15) is 4.39 Å². The van der Waals surface area contributed by atoms with Gasteiger partial charge in [-0.3, -0.25) is 0 Å². The SMILES string of the molecule is COCC(Cn1c(=S)[nH]c2cc(F)ccc21)OC. The van der Waals surface area contributed by atoms with Crippen molar-refractivity contribution < 1.29 is 13.9 Å². The van der Waals surface area contributed by atoms with Gasteiger partial charge in [0.25, 0.3) is 0 Å². The Hall–Kier alpha value is -1.24. The van der Waals surface area contributed by atoms with Crippen molar-refractivity contribution in [3.8, 4) is 0 Å². The van der Waals surface area contributed by atoms with E-state index < -0.39 is 0 Å². The molecule has 1 aromatic carbocycles. The maximum Gasteiger partial charge on any atom is 0.178 e. The number of hydrogen-bond acceptors (Lipinski definition) is 3. The summed E-state index contributed by atoms with van der Waals surface area (Å²) in [5.74, 6) is -0.286. The summed E-state index contributed by atoms with van der Waals surface area (Å²) in [6, 6.07) is 4.55. The molecule has 0 amide bonds. The van der Waals surface area contributed by atoms with Crippen molar-refractivity contribution in [3.63, 3.8) is 0 Å². The van der Waals surface area contributed by atoms with Gasteiger partial charge in [-0.2, -0.15) is 0 Å². The molecule has 18 heavy (non-hydrogen) atoms.